The highest BCUT2D eigenvalue weighted by Gasteiger charge is 2.19. The Morgan fingerprint density at radius 3 is 2.70 bits per heavy atom. The van der Waals surface area contributed by atoms with Gasteiger partial charge in [0.25, 0.3) is 5.91 Å². The van der Waals surface area contributed by atoms with Crippen molar-refractivity contribution >= 4 is 22.4 Å². The number of aryl methyl sites for hydroxylation is 1. The molecule has 3 N–H and O–H groups in total. The maximum Gasteiger partial charge on any atom is 0.263 e. The van der Waals surface area contributed by atoms with Gasteiger partial charge in [-0.1, -0.05) is 17.4 Å². The van der Waals surface area contributed by atoms with Gasteiger partial charge in [-0.15, -0.1) is 0 Å². The number of nitrogens with zero attached hydrogens (tertiary/aromatic N) is 1. The molecule has 20 heavy (non-hydrogen) atoms. The van der Waals surface area contributed by atoms with Crippen LogP contribution in [-0.4, -0.2) is 10.9 Å². The fourth-order valence-electron chi connectivity index (χ4n) is 1.82. The third-order valence-corrected chi connectivity index (χ3v) is 3.78. The smallest absolute Gasteiger partial charge is 0.263 e. The van der Waals surface area contributed by atoms with Crippen LogP contribution in [0.5, 0.6) is 0 Å². The second-order valence-corrected chi connectivity index (χ2v) is 5.36. The van der Waals surface area contributed by atoms with Crippen LogP contribution < -0.4 is 11.1 Å². The molecular formula is C13H13F2N3OS. The SMILES string of the molecule is Cc1nc(N)sc1C(=O)NC(C)c1ccc(F)cc1F. The number of nitrogen functional groups attached to an aromatic ring is 1. The van der Waals surface area contributed by atoms with Crippen molar-refractivity contribution in [1.29, 1.82) is 0 Å². The Morgan fingerprint density at radius 2 is 2.15 bits per heavy atom. The van der Waals surface area contributed by atoms with E-state index in [0.29, 0.717) is 15.7 Å². The summed E-state index contributed by atoms with van der Waals surface area (Å²) >= 11 is 1.07. The van der Waals surface area contributed by atoms with Gasteiger partial charge in [-0.25, -0.2) is 13.8 Å². The molecule has 1 heterocycles. The zero-order chi connectivity index (χ0) is 14.9. The lowest BCUT2D eigenvalue weighted by atomic mass is 10.1. The fraction of sp³-hybridized carbons (Fsp3) is 0.231. The third kappa shape index (κ3) is 2.93. The Hall–Kier alpha value is -2.02. The van der Waals surface area contributed by atoms with E-state index in [-0.39, 0.29) is 11.5 Å². The summed E-state index contributed by atoms with van der Waals surface area (Å²) in [6.45, 7) is 3.29. The first-order valence-corrected chi connectivity index (χ1v) is 6.69. The van der Waals surface area contributed by atoms with Crippen molar-refractivity contribution < 1.29 is 13.6 Å². The second-order valence-electron chi connectivity index (χ2n) is 4.33. The molecule has 2 aromatic rings. The van der Waals surface area contributed by atoms with Crippen LogP contribution in [0.4, 0.5) is 13.9 Å². The molecule has 7 heteroatoms. The van der Waals surface area contributed by atoms with E-state index in [0.717, 1.165) is 23.5 Å². The molecule has 4 nitrogen and oxygen atoms in total. The molecule has 0 bridgehead atoms. The summed E-state index contributed by atoms with van der Waals surface area (Å²) in [5.41, 5.74) is 6.27. The molecule has 0 radical (unpaired) electrons. The summed E-state index contributed by atoms with van der Waals surface area (Å²) in [4.78, 5) is 16.4. The van der Waals surface area contributed by atoms with Gasteiger partial charge in [0, 0.05) is 11.6 Å². The van der Waals surface area contributed by atoms with Gasteiger partial charge in [-0.3, -0.25) is 4.79 Å². The van der Waals surface area contributed by atoms with E-state index in [1.807, 2.05) is 0 Å². The molecule has 0 saturated heterocycles. The number of amides is 1. The molecule has 0 spiro atoms. The van der Waals surface area contributed by atoms with Gasteiger partial charge in [-0.2, -0.15) is 0 Å². The lowest BCUT2D eigenvalue weighted by molar-refractivity contribution is 0.0942. The lowest BCUT2D eigenvalue weighted by Crippen LogP contribution is -2.27. The zero-order valence-electron chi connectivity index (χ0n) is 10.9. The van der Waals surface area contributed by atoms with Gasteiger partial charge in [0.2, 0.25) is 0 Å². The molecule has 0 saturated carbocycles. The van der Waals surface area contributed by atoms with Crippen LogP contribution in [0, 0.1) is 18.6 Å². The lowest BCUT2D eigenvalue weighted by Gasteiger charge is -2.14. The number of hydrogen-bond acceptors (Lipinski definition) is 4. The molecule has 0 aliphatic heterocycles. The molecule has 0 aliphatic rings. The predicted octanol–water partition coefficient (Wildman–Crippen LogP) is 2.80. The van der Waals surface area contributed by atoms with Gasteiger partial charge >= 0.3 is 0 Å². The Labute approximate surface area is 118 Å². The average Bonchev–Trinajstić information content (AvgIpc) is 2.68. The molecule has 0 fully saturated rings. The van der Waals surface area contributed by atoms with Crippen LogP contribution in [0.15, 0.2) is 18.2 Å². The normalized spacial score (nSPS) is 12.2. The number of benzene rings is 1. The monoisotopic (exact) mass is 297 g/mol. The topological polar surface area (TPSA) is 68.0 Å². The second kappa shape index (κ2) is 5.54. The highest BCUT2D eigenvalue weighted by atomic mass is 32.1. The van der Waals surface area contributed by atoms with Crippen LogP contribution in [0.25, 0.3) is 0 Å². The Kier molecular flexibility index (Phi) is 3.99. The Balaban J connectivity index is 2.17. The molecule has 0 aliphatic carbocycles. The number of carbonyl (C=O) groups excluding carboxylic acids is 1. The quantitative estimate of drug-likeness (QED) is 0.915. The number of aromatic nitrogens is 1. The van der Waals surface area contributed by atoms with E-state index in [1.54, 1.807) is 13.8 Å². The van der Waals surface area contributed by atoms with Crippen molar-refractivity contribution in [3.63, 3.8) is 0 Å². The number of nitrogens with two attached hydrogens (primary N) is 1. The number of anilines is 1. The number of nitrogens with one attached hydrogen (secondary N) is 1. The van der Waals surface area contributed by atoms with E-state index in [4.69, 9.17) is 5.73 Å². The number of hydrogen-bond donors (Lipinski definition) is 2. The standard InChI is InChI=1S/C13H13F2N3OS/c1-6(9-4-3-8(14)5-10(9)15)17-12(19)11-7(2)18-13(16)20-11/h3-6H,1-2H3,(H2,16,18)(H,17,19). The van der Waals surface area contributed by atoms with Crippen LogP contribution in [0.2, 0.25) is 0 Å². The first-order chi connectivity index (χ1) is 9.38. The van der Waals surface area contributed by atoms with Crippen LogP contribution >= 0.6 is 11.3 Å². The maximum absolute atomic E-state index is 13.6. The van der Waals surface area contributed by atoms with Crippen molar-refractivity contribution in [2.75, 3.05) is 5.73 Å². The highest BCUT2D eigenvalue weighted by Crippen LogP contribution is 2.22. The summed E-state index contributed by atoms with van der Waals surface area (Å²) in [6.07, 6.45) is 0. The molecule has 1 aromatic carbocycles. The number of halogens is 2. The average molecular weight is 297 g/mol. The maximum atomic E-state index is 13.6. The minimum Gasteiger partial charge on any atom is -0.375 e. The molecule has 2 rings (SSSR count). The summed E-state index contributed by atoms with van der Waals surface area (Å²) in [5, 5.41) is 2.94. The van der Waals surface area contributed by atoms with E-state index in [9.17, 15) is 13.6 Å². The largest absolute Gasteiger partial charge is 0.375 e. The molecule has 1 amide bonds. The summed E-state index contributed by atoms with van der Waals surface area (Å²) in [7, 11) is 0. The van der Waals surface area contributed by atoms with Crippen molar-refractivity contribution in [2.45, 2.75) is 19.9 Å². The van der Waals surface area contributed by atoms with Gasteiger partial charge in [0.15, 0.2) is 5.13 Å². The van der Waals surface area contributed by atoms with E-state index in [1.165, 1.54) is 6.07 Å². The van der Waals surface area contributed by atoms with E-state index < -0.39 is 17.7 Å². The molecule has 1 aromatic heterocycles. The zero-order valence-corrected chi connectivity index (χ0v) is 11.7. The molecular weight excluding hydrogens is 284 g/mol. The van der Waals surface area contributed by atoms with E-state index >= 15 is 0 Å². The molecule has 1 atom stereocenters. The summed E-state index contributed by atoms with van der Waals surface area (Å²) in [5.74, 6) is -1.73. The van der Waals surface area contributed by atoms with Gasteiger partial charge < -0.3 is 11.1 Å². The first-order valence-electron chi connectivity index (χ1n) is 5.87. The van der Waals surface area contributed by atoms with Crippen LogP contribution in [-0.2, 0) is 0 Å². The van der Waals surface area contributed by atoms with Crippen molar-refractivity contribution in [3.8, 4) is 0 Å². The highest BCUT2D eigenvalue weighted by molar-refractivity contribution is 7.17. The van der Waals surface area contributed by atoms with Gasteiger partial charge in [0.1, 0.15) is 16.5 Å². The summed E-state index contributed by atoms with van der Waals surface area (Å²) in [6, 6.07) is 2.65. The van der Waals surface area contributed by atoms with Gasteiger partial charge in [-0.05, 0) is 19.9 Å². The molecule has 1 unspecified atom stereocenters. The minimum atomic E-state index is -0.696. The minimum absolute atomic E-state index is 0.217. The Bertz CT molecular complexity index is 657. The van der Waals surface area contributed by atoms with Crippen LogP contribution in [0.1, 0.15) is 33.9 Å². The first kappa shape index (κ1) is 14.4. The predicted molar refractivity (Wildman–Crippen MR) is 73.5 cm³/mol. The number of carbonyl (C=O) groups is 1. The third-order valence-electron chi connectivity index (χ3n) is 2.80. The summed E-state index contributed by atoms with van der Waals surface area (Å²) < 4.78 is 26.5. The number of thiazole rings is 1. The van der Waals surface area contributed by atoms with Crippen molar-refractivity contribution in [1.82, 2.24) is 10.3 Å². The van der Waals surface area contributed by atoms with Crippen molar-refractivity contribution in [3.05, 3.63) is 46.0 Å². The van der Waals surface area contributed by atoms with E-state index in [2.05, 4.69) is 10.3 Å². The number of rotatable bonds is 3. The Morgan fingerprint density at radius 1 is 1.45 bits per heavy atom. The van der Waals surface area contributed by atoms with Crippen molar-refractivity contribution in [2.24, 2.45) is 0 Å². The van der Waals surface area contributed by atoms with Crippen LogP contribution in [0.3, 0.4) is 0 Å². The fourth-order valence-corrected chi connectivity index (χ4v) is 2.56. The molecule has 106 valence electrons. The van der Waals surface area contributed by atoms with Gasteiger partial charge in [0.05, 0.1) is 11.7 Å².